The number of pyridine rings is 1. The molecule has 3 rings (SSSR count). The molecule has 3 heteroatoms. The molecule has 3 nitrogen and oxygen atoms in total. The molecule has 1 aromatic heterocycles. The van der Waals surface area contributed by atoms with E-state index in [-0.39, 0.29) is 11.4 Å². The minimum atomic E-state index is -0.253. The van der Waals surface area contributed by atoms with Crippen LogP contribution in [0.5, 0.6) is 0 Å². The molecule has 0 aliphatic rings. The summed E-state index contributed by atoms with van der Waals surface area (Å²) >= 11 is 0. The molecule has 0 aliphatic heterocycles. The highest BCUT2D eigenvalue weighted by Crippen LogP contribution is 2.18. The highest BCUT2D eigenvalue weighted by atomic mass is 16.1. The first kappa shape index (κ1) is 16.6. The van der Waals surface area contributed by atoms with Gasteiger partial charge in [-0.25, -0.2) is 0 Å². The zero-order valence-electron chi connectivity index (χ0n) is 14.1. The Labute approximate surface area is 147 Å². The number of nitrogens with zero attached hydrogens (tertiary/aromatic N) is 2. The molecule has 0 saturated carbocycles. The summed E-state index contributed by atoms with van der Waals surface area (Å²) in [5.41, 5.74) is 3.56. The molecule has 2 aromatic carbocycles. The van der Waals surface area contributed by atoms with Gasteiger partial charge in [0.1, 0.15) is 11.6 Å². The number of ketones is 1. The van der Waals surface area contributed by atoms with Crippen LogP contribution in [0.2, 0.25) is 0 Å². The smallest absolute Gasteiger partial charge is 0.203 e. The molecule has 0 spiro atoms. The lowest BCUT2D eigenvalue weighted by Crippen LogP contribution is -2.02. The van der Waals surface area contributed by atoms with Gasteiger partial charge in [0.2, 0.25) is 5.78 Å². The highest BCUT2D eigenvalue weighted by molar-refractivity contribution is 6.14. The third kappa shape index (κ3) is 3.81. The van der Waals surface area contributed by atoms with Crippen LogP contribution >= 0.6 is 0 Å². The maximum atomic E-state index is 12.6. The third-order valence-corrected chi connectivity index (χ3v) is 4.06. The van der Waals surface area contributed by atoms with E-state index in [4.69, 9.17) is 0 Å². The molecule has 0 aliphatic carbocycles. The third-order valence-electron chi connectivity index (χ3n) is 4.06. The fourth-order valence-electron chi connectivity index (χ4n) is 2.77. The predicted octanol–water partition coefficient (Wildman–Crippen LogP) is 4.98. The Morgan fingerprint density at radius 1 is 1.16 bits per heavy atom. The number of carbonyl (C=O) groups excluding carboxylic acids is 1. The fraction of sp³-hybridized carbons (Fsp3) is 0.136. The van der Waals surface area contributed by atoms with Crippen LogP contribution in [0.15, 0.2) is 66.4 Å². The summed E-state index contributed by atoms with van der Waals surface area (Å²) in [6.45, 7) is 2.12. The van der Waals surface area contributed by atoms with Crippen LogP contribution in [0.3, 0.4) is 0 Å². The molecule has 0 amide bonds. The van der Waals surface area contributed by atoms with Gasteiger partial charge in [-0.3, -0.25) is 9.78 Å². The van der Waals surface area contributed by atoms with Gasteiger partial charge >= 0.3 is 0 Å². The Kier molecular flexibility index (Phi) is 5.01. The summed E-state index contributed by atoms with van der Waals surface area (Å²) in [5, 5.41) is 10.4. The van der Waals surface area contributed by atoms with E-state index in [1.54, 1.807) is 24.4 Å². The summed E-state index contributed by atoms with van der Waals surface area (Å²) in [4.78, 5) is 16.9. The molecule has 1 heterocycles. The minimum Gasteiger partial charge on any atom is -0.288 e. The van der Waals surface area contributed by atoms with E-state index in [9.17, 15) is 10.1 Å². The lowest BCUT2D eigenvalue weighted by atomic mass is 9.99. The first-order valence-corrected chi connectivity index (χ1v) is 8.31. The van der Waals surface area contributed by atoms with Crippen LogP contribution in [0.1, 0.15) is 34.8 Å². The number of allylic oxidation sites excluding steroid dienone is 1. The highest BCUT2D eigenvalue weighted by Gasteiger charge is 2.12. The average Bonchev–Trinajstić information content (AvgIpc) is 2.66. The first-order chi connectivity index (χ1) is 12.2. The minimum absolute atomic E-state index is 0.131. The quantitative estimate of drug-likeness (QED) is 0.377. The number of aryl methyl sites for hydroxylation is 1. The molecule has 3 aromatic rings. The van der Waals surface area contributed by atoms with Crippen LogP contribution < -0.4 is 0 Å². The zero-order chi connectivity index (χ0) is 17.6. The summed E-state index contributed by atoms with van der Waals surface area (Å²) < 4.78 is 0. The molecule has 0 unspecified atom stereocenters. The number of fused-ring (bicyclic) bond motifs is 1. The number of nitriles is 1. The number of hydrogen-bond donors (Lipinski definition) is 0. The maximum Gasteiger partial charge on any atom is 0.203 e. The fourth-order valence-corrected chi connectivity index (χ4v) is 2.77. The Balaban J connectivity index is 1.90. The molecule has 0 atom stereocenters. The normalized spacial score (nSPS) is 11.3. The molecule has 0 saturated heterocycles. The van der Waals surface area contributed by atoms with Gasteiger partial charge in [-0.15, -0.1) is 0 Å². The zero-order valence-corrected chi connectivity index (χ0v) is 14.1. The second-order valence-corrected chi connectivity index (χ2v) is 5.90. The molecule has 25 heavy (non-hydrogen) atoms. The molecular weight excluding hydrogens is 308 g/mol. The Morgan fingerprint density at radius 2 is 1.96 bits per heavy atom. The molecular formula is C22H18N2O. The SMILES string of the molecule is CCCc1ccc(C(=O)/C(C#N)=C\c2ccc3ncccc3c2)cc1. The maximum absolute atomic E-state index is 12.6. The number of Topliss-reactive ketones (excluding diaryl/α,β-unsaturated/α-hetero) is 1. The number of carbonyl (C=O) groups is 1. The van der Waals surface area contributed by atoms with E-state index in [0.29, 0.717) is 5.56 Å². The van der Waals surface area contributed by atoms with E-state index < -0.39 is 0 Å². The van der Waals surface area contributed by atoms with Gasteiger partial charge in [0, 0.05) is 17.1 Å². The molecule has 0 fully saturated rings. The molecule has 0 radical (unpaired) electrons. The largest absolute Gasteiger partial charge is 0.288 e. The average molecular weight is 326 g/mol. The summed E-state index contributed by atoms with van der Waals surface area (Å²) in [6, 6.07) is 19.0. The van der Waals surface area contributed by atoms with Crippen LogP contribution in [-0.4, -0.2) is 10.8 Å². The lowest BCUT2D eigenvalue weighted by molar-refractivity contribution is 0.104. The Bertz CT molecular complexity index is 979. The van der Waals surface area contributed by atoms with Crippen LogP contribution in [0, 0.1) is 11.3 Å². The van der Waals surface area contributed by atoms with Crippen LogP contribution in [-0.2, 0) is 6.42 Å². The summed E-state index contributed by atoms with van der Waals surface area (Å²) in [7, 11) is 0. The topological polar surface area (TPSA) is 53.8 Å². The Hall–Kier alpha value is -3.25. The van der Waals surface area contributed by atoms with Crippen molar-refractivity contribution in [2.75, 3.05) is 0 Å². The summed E-state index contributed by atoms with van der Waals surface area (Å²) in [5.74, 6) is -0.253. The predicted molar refractivity (Wildman–Crippen MR) is 100 cm³/mol. The van der Waals surface area contributed by atoms with Gasteiger partial charge in [0.05, 0.1) is 5.52 Å². The van der Waals surface area contributed by atoms with Gasteiger partial charge in [-0.1, -0.05) is 49.7 Å². The van der Waals surface area contributed by atoms with Gasteiger partial charge in [0.25, 0.3) is 0 Å². The monoisotopic (exact) mass is 326 g/mol. The Morgan fingerprint density at radius 3 is 2.68 bits per heavy atom. The summed E-state index contributed by atoms with van der Waals surface area (Å²) in [6.07, 6.45) is 5.42. The van der Waals surface area contributed by atoms with Crippen LogP contribution in [0.25, 0.3) is 17.0 Å². The van der Waals surface area contributed by atoms with Crippen molar-refractivity contribution in [1.82, 2.24) is 4.98 Å². The number of aromatic nitrogens is 1. The van der Waals surface area contributed by atoms with Crippen molar-refractivity contribution in [1.29, 1.82) is 5.26 Å². The first-order valence-electron chi connectivity index (χ1n) is 8.31. The van der Waals surface area contributed by atoms with Gasteiger partial charge in [-0.05, 0) is 41.8 Å². The second kappa shape index (κ2) is 7.55. The standard InChI is InChI=1S/C22H18N2O/c1-2-4-16-6-9-18(10-7-16)22(25)20(15-23)14-17-8-11-21-19(13-17)5-3-12-24-21/h3,5-14H,2,4H2,1H3/b20-14-. The molecule has 122 valence electrons. The molecule has 0 N–H and O–H groups in total. The van der Waals surface area contributed by atoms with E-state index >= 15 is 0 Å². The van der Waals surface area contributed by atoms with Gasteiger partial charge in [0.15, 0.2) is 0 Å². The van der Waals surface area contributed by atoms with Gasteiger partial charge in [-0.2, -0.15) is 5.26 Å². The number of benzene rings is 2. The number of rotatable bonds is 5. The van der Waals surface area contributed by atoms with Crippen molar-refractivity contribution in [3.63, 3.8) is 0 Å². The number of hydrogen-bond acceptors (Lipinski definition) is 3. The van der Waals surface area contributed by atoms with Crippen molar-refractivity contribution in [2.45, 2.75) is 19.8 Å². The lowest BCUT2D eigenvalue weighted by Gasteiger charge is -2.03. The van der Waals surface area contributed by atoms with Crippen molar-refractivity contribution < 1.29 is 4.79 Å². The van der Waals surface area contributed by atoms with Crippen molar-refractivity contribution in [3.8, 4) is 6.07 Å². The second-order valence-electron chi connectivity index (χ2n) is 5.90. The van der Waals surface area contributed by atoms with E-state index in [1.807, 2.05) is 48.5 Å². The van der Waals surface area contributed by atoms with Crippen molar-refractivity contribution >= 4 is 22.8 Å². The van der Waals surface area contributed by atoms with E-state index in [1.165, 1.54) is 5.56 Å². The molecule has 0 bridgehead atoms. The van der Waals surface area contributed by atoms with Crippen molar-refractivity contribution in [3.05, 3.63) is 83.1 Å². The van der Waals surface area contributed by atoms with Gasteiger partial charge < -0.3 is 0 Å². The van der Waals surface area contributed by atoms with Crippen molar-refractivity contribution in [2.24, 2.45) is 0 Å². The van der Waals surface area contributed by atoms with E-state index in [2.05, 4.69) is 11.9 Å². The van der Waals surface area contributed by atoms with E-state index in [0.717, 1.165) is 29.3 Å². The van der Waals surface area contributed by atoms with Crippen LogP contribution in [0.4, 0.5) is 0 Å².